The van der Waals surface area contributed by atoms with Gasteiger partial charge in [0.2, 0.25) is 5.91 Å². The summed E-state index contributed by atoms with van der Waals surface area (Å²) in [4.78, 5) is 18.6. The molecule has 1 aromatic carbocycles. The molecule has 6 heteroatoms. The maximum absolute atomic E-state index is 11.7. The number of rotatable bonds is 12. The molecule has 0 saturated heterocycles. The molecular weight excluding hydrogens is 338 g/mol. The van der Waals surface area contributed by atoms with Gasteiger partial charge >= 0.3 is 0 Å². The first-order chi connectivity index (χ1) is 13.1. The standard InChI is InChI=1S/C21H37N5O/c1-5-14-23-20(27)13-16-25-21(22-6-2)24-15-12-18(3)26(4)17-19-10-8-7-9-11-19/h7-11,18H,5-6,12-17H2,1-4H3,(H,23,27)(H2,22,24,25). The van der Waals surface area contributed by atoms with E-state index in [-0.39, 0.29) is 5.91 Å². The number of guanidine groups is 1. The van der Waals surface area contributed by atoms with Gasteiger partial charge in [-0.2, -0.15) is 0 Å². The second-order valence-corrected chi connectivity index (χ2v) is 6.83. The Balaban J connectivity index is 2.35. The Morgan fingerprint density at radius 1 is 1.11 bits per heavy atom. The molecule has 3 N–H and O–H groups in total. The van der Waals surface area contributed by atoms with Gasteiger partial charge in [0.05, 0.1) is 0 Å². The minimum absolute atomic E-state index is 0.0800. The van der Waals surface area contributed by atoms with Crippen LogP contribution in [0.3, 0.4) is 0 Å². The van der Waals surface area contributed by atoms with E-state index in [0.29, 0.717) is 19.0 Å². The van der Waals surface area contributed by atoms with E-state index in [2.05, 4.69) is 64.1 Å². The predicted molar refractivity (Wildman–Crippen MR) is 114 cm³/mol. The van der Waals surface area contributed by atoms with Crippen LogP contribution in [-0.2, 0) is 11.3 Å². The highest BCUT2D eigenvalue weighted by Crippen LogP contribution is 2.08. The molecule has 0 saturated carbocycles. The van der Waals surface area contributed by atoms with Crippen molar-refractivity contribution < 1.29 is 4.79 Å². The number of carbonyl (C=O) groups is 1. The van der Waals surface area contributed by atoms with Crippen molar-refractivity contribution in [2.75, 3.05) is 33.2 Å². The number of amides is 1. The van der Waals surface area contributed by atoms with E-state index in [1.165, 1.54) is 5.56 Å². The van der Waals surface area contributed by atoms with Crippen LogP contribution in [0.2, 0.25) is 0 Å². The molecule has 0 bridgehead atoms. The predicted octanol–water partition coefficient (Wildman–Crippen LogP) is 2.37. The lowest BCUT2D eigenvalue weighted by Crippen LogP contribution is -2.39. The summed E-state index contributed by atoms with van der Waals surface area (Å²) in [6.45, 7) is 10.1. The lowest BCUT2D eigenvalue weighted by molar-refractivity contribution is -0.120. The molecule has 1 aromatic rings. The number of benzene rings is 1. The maximum Gasteiger partial charge on any atom is 0.221 e. The monoisotopic (exact) mass is 375 g/mol. The smallest absolute Gasteiger partial charge is 0.221 e. The minimum atomic E-state index is 0.0800. The van der Waals surface area contributed by atoms with E-state index in [9.17, 15) is 4.79 Å². The van der Waals surface area contributed by atoms with E-state index < -0.39 is 0 Å². The third kappa shape index (κ3) is 10.6. The molecule has 0 aliphatic carbocycles. The Kier molecular flexibility index (Phi) is 11.9. The van der Waals surface area contributed by atoms with Gasteiger partial charge in [-0.15, -0.1) is 0 Å². The fourth-order valence-corrected chi connectivity index (χ4v) is 2.60. The summed E-state index contributed by atoms with van der Waals surface area (Å²) in [5.74, 6) is 0.857. The summed E-state index contributed by atoms with van der Waals surface area (Å²) >= 11 is 0. The zero-order valence-corrected chi connectivity index (χ0v) is 17.4. The van der Waals surface area contributed by atoms with Gasteiger partial charge in [0.15, 0.2) is 5.96 Å². The normalized spacial score (nSPS) is 12.7. The molecule has 6 nitrogen and oxygen atoms in total. The van der Waals surface area contributed by atoms with Gasteiger partial charge in [0.1, 0.15) is 0 Å². The van der Waals surface area contributed by atoms with Gasteiger partial charge in [0.25, 0.3) is 0 Å². The second-order valence-electron chi connectivity index (χ2n) is 6.83. The summed E-state index contributed by atoms with van der Waals surface area (Å²) in [6.07, 6.45) is 2.40. The van der Waals surface area contributed by atoms with E-state index in [1.54, 1.807) is 0 Å². The van der Waals surface area contributed by atoms with Crippen LogP contribution in [0.25, 0.3) is 0 Å². The van der Waals surface area contributed by atoms with Gasteiger partial charge in [-0.1, -0.05) is 37.3 Å². The van der Waals surface area contributed by atoms with Crippen LogP contribution in [0.5, 0.6) is 0 Å². The molecular formula is C21H37N5O. The van der Waals surface area contributed by atoms with Crippen molar-refractivity contribution in [2.45, 2.75) is 52.6 Å². The molecule has 152 valence electrons. The SMILES string of the molecule is CCCNC(=O)CCNC(=NCCC(C)N(C)Cc1ccccc1)NCC. The highest BCUT2D eigenvalue weighted by atomic mass is 16.1. The Labute approximate surface area is 164 Å². The van der Waals surface area contributed by atoms with Crippen LogP contribution in [0, 0.1) is 0 Å². The summed E-state index contributed by atoms with van der Waals surface area (Å²) in [5.41, 5.74) is 1.33. The molecule has 0 aliphatic rings. The number of carbonyl (C=O) groups excluding carboxylic acids is 1. The Hall–Kier alpha value is -2.08. The van der Waals surface area contributed by atoms with Crippen molar-refractivity contribution in [1.82, 2.24) is 20.9 Å². The zero-order valence-electron chi connectivity index (χ0n) is 17.4. The average Bonchev–Trinajstić information content (AvgIpc) is 2.67. The molecule has 1 atom stereocenters. The van der Waals surface area contributed by atoms with Crippen LogP contribution >= 0.6 is 0 Å². The van der Waals surface area contributed by atoms with Crippen LogP contribution < -0.4 is 16.0 Å². The highest BCUT2D eigenvalue weighted by Gasteiger charge is 2.09. The first kappa shape index (κ1) is 23.0. The molecule has 1 unspecified atom stereocenters. The summed E-state index contributed by atoms with van der Waals surface area (Å²) in [7, 11) is 2.15. The number of hydrogen-bond donors (Lipinski definition) is 3. The first-order valence-electron chi connectivity index (χ1n) is 10.1. The molecule has 1 amide bonds. The van der Waals surface area contributed by atoms with E-state index in [1.807, 2.05) is 19.9 Å². The third-order valence-corrected chi connectivity index (χ3v) is 4.40. The zero-order chi connectivity index (χ0) is 19.9. The number of nitrogens with one attached hydrogen (secondary N) is 3. The average molecular weight is 376 g/mol. The van der Waals surface area contributed by atoms with Crippen LogP contribution in [-0.4, -0.2) is 56.0 Å². The first-order valence-corrected chi connectivity index (χ1v) is 10.1. The number of nitrogens with zero attached hydrogens (tertiary/aromatic N) is 2. The van der Waals surface area contributed by atoms with Gasteiger partial charge in [0, 0.05) is 45.2 Å². The van der Waals surface area contributed by atoms with Crippen molar-refractivity contribution in [2.24, 2.45) is 4.99 Å². The summed E-state index contributed by atoms with van der Waals surface area (Å²) in [5, 5.41) is 9.35. The van der Waals surface area contributed by atoms with E-state index in [4.69, 9.17) is 0 Å². The lowest BCUT2D eigenvalue weighted by atomic mass is 10.1. The van der Waals surface area contributed by atoms with E-state index in [0.717, 1.165) is 45.0 Å². The van der Waals surface area contributed by atoms with Crippen molar-refractivity contribution in [1.29, 1.82) is 0 Å². The summed E-state index contributed by atoms with van der Waals surface area (Å²) < 4.78 is 0. The Morgan fingerprint density at radius 2 is 1.85 bits per heavy atom. The molecule has 1 rings (SSSR count). The fourth-order valence-electron chi connectivity index (χ4n) is 2.60. The molecule has 0 heterocycles. The van der Waals surface area contributed by atoms with Crippen LogP contribution in [0.4, 0.5) is 0 Å². The molecule has 0 aliphatic heterocycles. The van der Waals surface area contributed by atoms with Crippen molar-refractivity contribution in [3.05, 3.63) is 35.9 Å². The second kappa shape index (κ2) is 14.0. The van der Waals surface area contributed by atoms with Gasteiger partial charge in [-0.25, -0.2) is 0 Å². The van der Waals surface area contributed by atoms with Crippen molar-refractivity contribution >= 4 is 11.9 Å². The Bertz CT molecular complexity index is 547. The molecule has 0 fully saturated rings. The van der Waals surface area contributed by atoms with Gasteiger partial charge < -0.3 is 16.0 Å². The molecule has 0 spiro atoms. The van der Waals surface area contributed by atoms with Gasteiger partial charge in [-0.05, 0) is 39.3 Å². The number of aliphatic imine (C=N–C) groups is 1. The maximum atomic E-state index is 11.7. The molecule has 0 radical (unpaired) electrons. The topological polar surface area (TPSA) is 68.8 Å². The minimum Gasteiger partial charge on any atom is -0.357 e. The van der Waals surface area contributed by atoms with Gasteiger partial charge in [-0.3, -0.25) is 14.7 Å². The quantitative estimate of drug-likeness (QED) is 0.388. The third-order valence-electron chi connectivity index (χ3n) is 4.40. The summed E-state index contributed by atoms with van der Waals surface area (Å²) in [6, 6.07) is 11.0. The molecule has 0 aromatic heterocycles. The highest BCUT2D eigenvalue weighted by molar-refractivity contribution is 5.81. The Morgan fingerprint density at radius 3 is 2.52 bits per heavy atom. The fraction of sp³-hybridized carbons (Fsp3) is 0.619. The van der Waals surface area contributed by atoms with E-state index >= 15 is 0 Å². The lowest BCUT2D eigenvalue weighted by Gasteiger charge is -2.24. The van der Waals surface area contributed by atoms with Crippen LogP contribution in [0.1, 0.15) is 45.6 Å². The number of hydrogen-bond acceptors (Lipinski definition) is 3. The van der Waals surface area contributed by atoms with Crippen molar-refractivity contribution in [3.63, 3.8) is 0 Å². The largest absolute Gasteiger partial charge is 0.357 e. The van der Waals surface area contributed by atoms with Crippen LogP contribution in [0.15, 0.2) is 35.3 Å². The van der Waals surface area contributed by atoms with Crippen molar-refractivity contribution in [3.8, 4) is 0 Å². The molecule has 27 heavy (non-hydrogen) atoms.